The van der Waals surface area contributed by atoms with Gasteiger partial charge in [-0.25, -0.2) is 0 Å². The molecule has 1 aliphatic carbocycles. The highest BCUT2D eigenvalue weighted by Crippen LogP contribution is 2.41. The number of fused-ring (bicyclic) bond motifs is 1. The molecular weight excluding hydrogens is 166 g/mol. The van der Waals surface area contributed by atoms with E-state index in [0.29, 0.717) is 0 Å². The number of nitrogens with two attached hydrogens (primary N) is 1. The van der Waals surface area contributed by atoms with Crippen LogP contribution < -0.4 is 5.73 Å². The van der Waals surface area contributed by atoms with E-state index in [-0.39, 0.29) is 0 Å². The first-order valence-electron chi connectivity index (χ1n) is 4.29. The van der Waals surface area contributed by atoms with E-state index in [1.54, 1.807) is 13.0 Å². The van der Waals surface area contributed by atoms with Crippen LogP contribution in [0.3, 0.4) is 0 Å². The summed E-state index contributed by atoms with van der Waals surface area (Å²) in [6.45, 7) is 1.73. The highest BCUT2D eigenvalue weighted by molar-refractivity contribution is 5.41. The van der Waals surface area contributed by atoms with Crippen LogP contribution >= 0.6 is 0 Å². The minimum absolute atomic E-state index is 0.736. The summed E-state index contributed by atoms with van der Waals surface area (Å²) in [6, 6.07) is 7.32. The number of aliphatic hydroxyl groups is 2. The first-order valence-corrected chi connectivity index (χ1v) is 4.29. The largest absolute Gasteiger partial charge is 0.388 e. The van der Waals surface area contributed by atoms with Gasteiger partial charge in [0.25, 0.3) is 0 Å². The Kier molecular flexibility index (Phi) is 1.70. The van der Waals surface area contributed by atoms with E-state index in [9.17, 15) is 10.2 Å². The van der Waals surface area contributed by atoms with Crippen molar-refractivity contribution in [2.45, 2.75) is 24.7 Å². The number of aliphatic hydroxyl groups excluding tert-OH is 2. The zero-order chi connectivity index (χ0) is 9.64. The van der Waals surface area contributed by atoms with Crippen molar-refractivity contribution in [3.05, 3.63) is 35.4 Å². The molecule has 0 aromatic heterocycles. The lowest BCUT2D eigenvalue weighted by Gasteiger charge is -2.24. The minimum Gasteiger partial charge on any atom is -0.388 e. The Morgan fingerprint density at radius 1 is 1.31 bits per heavy atom. The summed E-state index contributed by atoms with van der Waals surface area (Å²) >= 11 is 0. The first-order chi connectivity index (χ1) is 6.05. The topological polar surface area (TPSA) is 66.5 Å². The van der Waals surface area contributed by atoms with Crippen LogP contribution in [-0.2, 0) is 5.54 Å². The molecule has 13 heavy (non-hydrogen) atoms. The summed E-state index contributed by atoms with van der Waals surface area (Å²) in [4.78, 5) is 0. The van der Waals surface area contributed by atoms with Crippen molar-refractivity contribution < 1.29 is 10.2 Å². The third-order valence-electron chi connectivity index (χ3n) is 2.77. The Morgan fingerprint density at radius 2 is 1.92 bits per heavy atom. The normalized spacial score (nSPS) is 37.5. The molecular formula is C10H13NO2. The first kappa shape index (κ1) is 8.69. The van der Waals surface area contributed by atoms with Gasteiger partial charge in [0.2, 0.25) is 0 Å². The molecule has 4 N–H and O–H groups in total. The lowest BCUT2D eigenvalue weighted by atomic mass is 9.94. The summed E-state index contributed by atoms with van der Waals surface area (Å²) in [7, 11) is 0. The predicted molar refractivity (Wildman–Crippen MR) is 48.9 cm³/mol. The van der Waals surface area contributed by atoms with Gasteiger partial charge in [-0.05, 0) is 18.1 Å². The van der Waals surface area contributed by atoms with Gasteiger partial charge in [0.05, 0.1) is 5.54 Å². The summed E-state index contributed by atoms with van der Waals surface area (Å²) in [6.07, 6.45) is -1.77. The van der Waals surface area contributed by atoms with E-state index in [1.165, 1.54) is 0 Å². The molecule has 0 bridgehead atoms. The average molecular weight is 179 g/mol. The van der Waals surface area contributed by atoms with Gasteiger partial charge in [-0.3, -0.25) is 0 Å². The lowest BCUT2D eigenvalue weighted by Crippen LogP contribution is -2.42. The lowest BCUT2D eigenvalue weighted by molar-refractivity contribution is -0.00839. The van der Waals surface area contributed by atoms with E-state index in [0.717, 1.165) is 11.1 Å². The van der Waals surface area contributed by atoms with Crippen molar-refractivity contribution in [2.75, 3.05) is 0 Å². The van der Waals surface area contributed by atoms with Gasteiger partial charge in [-0.15, -0.1) is 0 Å². The Morgan fingerprint density at radius 3 is 2.54 bits per heavy atom. The molecule has 0 saturated carbocycles. The zero-order valence-electron chi connectivity index (χ0n) is 7.44. The average Bonchev–Trinajstić information content (AvgIpc) is 2.30. The van der Waals surface area contributed by atoms with Crippen molar-refractivity contribution >= 4 is 0 Å². The second-order valence-corrected chi connectivity index (χ2v) is 3.76. The second-order valence-electron chi connectivity index (χ2n) is 3.76. The quantitative estimate of drug-likeness (QED) is 0.535. The number of rotatable bonds is 0. The third-order valence-corrected chi connectivity index (χ3v) is 2.77. The Hall–Kier alpha value is -0.900. The van der Waals surface area contributed by atoms with Crippen LogP contribution in [0.2, 0.25) is 0 Å². The molecule has 0 aliphatic heterocycles. The molecule has 0 amide bonds. The van der Waals surface area contributed by atoms with E-state index in [4.69, 9.17) is 5.73 Å². The van der Waals surface area contributed by atoms with Crippen LogP contribution in [0.5, 0.6) is 0 Å². The van der Waals surface area contributed by atoms with Crippen molar-refractivity contribution in [3.8, 4) is 0 Å². The predicted octanol–water partition coefficient (Wildman–Crippen LogP) is 0.268. The number of hydrogen-bond donors (Lipinski definition) is 3. The SMILES string of the molecule is C[C@@]1(N)c2ccccc2[C@@H](O)[C@H]1O. The molecule has 1 aliphatic rings. The molecule has 3 nitrogen and oxygen atoms in total. The fraction of sp³-hybridized carbons (Fsp3) is 0.400. The second kappa shape index (κ2) is 2.54. The molecule has 0 heterocycles. The fourth-order valence-electron chi connectivity index (χ4n) is 1.90. The van der Waals surface area contributed by atoms with Crippen molar-refractivity contribution in [2.24, 2.45) is 5.73 Å². The van der Waals surface area contributed by atoms with Gasteiger partial charge >= 0.3 is 0 Å². The van der Waals surface area contributed by atoms with Gasteiger partial charge in [0, 0.05) is 0 Å². The fourth-order valence-corrected chi connectivity index (χ4v) is 1.90. The van der Waals surface area contributed by atoms with Crippen molar-refractivity contribution in [3.63, 3.8) is 0 Å². The van der Waals surface area contributed by atoms with Gasteiger partial charge in [-0.2, -0.15) is 0 Å². The third kappa shape index (κ3) is 1.01. The summed E-state index contributed by atoms with van der Waals surface area (Å²) in [5.41, 5.74) is 6.64. The molecule has 70 valence electrons. The standard InChI is InChI=1S/C10H13NO2/c1-10(11)7-5-3-2-4-6(7)8(12)9(10)13/h2-5,8-9,12-13H,11H2,1H3/t8-,9-,10-/m1/s1. The van der Waals surface area contributed by atoms with Gasteiger partial charge in [0.15, 0.2) is 0 Å². The summed E-state index contributed by atoms with van der Waals surface area (Å²) < 4.78 is 0. The molecule has 0 unspecified atom stereocenters. The zero-order valence-corrected chi connectivity index (χ0v) is 7.44. The molecule has 1 aromatic rings. The number of benzene rings is 1. The maximum Gasteiger partial charge on any atom is 0.107 e. The van der Waals surface area contributed by atoms with Crippen molar-refractivity contribution in [1.82, 2.24) is 0 Å². The number of hydrogen-bond acceptors (Lipinski definition) is 3. The van der Waals surface area contributed by atoms with Crippen LogP contribution in [0, 0.1) is 0 Å². The molecule has 2 rings (SSSR count). The van der Waals surface area contributed by atoms with Gasteiger partial charge in [0.1, 0.15) is 12.2 Å². The minimum atomic E-state index is -0.912. The maximum absolute atomic E-state index is 9.67. The van der Waals surface area contributed by atoms with Crippen LogP contribution in [0.25, 0.3) is 0 Å². The van der Waals surface area contributed by atoms with Crippen molar-refractivity contribution in [1.29, 1.82) is 0 Å². The Bertz CT molecular complexity index is 335. The van der Waals surface area contributed by atoms with E-state index in [1.807, 2.05) is 18.2 Å². The summed E-state index contributed by atoms with van der Waals surface area (Å²) in [5.74, 6) is 0. The molecule has 0 saturated heterocycles. The Labute approximate surface area is 76.8 Å². The Balaban J connectivity index is 2.61. The van der Waals surface area contributed by atoms with Crippen LogP contribution in [0.15, 0.2) is 24.3 Å². The molecule has 0 radical (unpaired) electrons. The molecule has 0 spiro atoms. The smallest absolute Gasteiger partial charge is 0.107 e. The highest BCUT2D eigenvalue weighted by Gasteiger charge is 2.44. The van der Waals surface area contributed by atoms with E-state index in [2.05, 4.69) is 0 Å². The monoisotopic (exact) mass is 179 g/mol. The molecule has 1 aromatic carbocycles. The molecule has 3 atom stereocenters. The van der Waals surface area contributed by atoms with Crippen LogP contribution in [-0.4, -0.2) is 16.3 Å². The van der Waals surface area contributed by atoms with Crippen LogP contribution in [0.1, 0.15) is 24.2 Å². The molecule has 3 heteroatoms. The maximum atomic E-state index is 9.67. The van der Waals surface area contributed by atoms with E-state index >= 15 is 0 Å². The molecule has 0 fully saturated rings. The van der Waals surface area contributed by atoms with Crippen LogP contribution in [0.4, 0.5) is 0 Å². The summed E-state index contributed by atoms with van der Waals surface area (Å²) in [5, 5.41) is 19.3. The van der Waals surface area contributed by atoms with E-state index < -0.39 is 17.7 Å². The highest BCUT2D eigenvalue weighted by atomic mass is 16.3. The van der Waals surface area contributed by atoms with Gasteiger partial charge < -0.3 is 15.9 Å². The van der Waals surface area contributed by atoms with Gasteiger partial charge in [-0.1, -0.05) is 24.3 Å².